The van der Waals surface area contributed by atoms with Crippen LogP contribution in [0.4, 0.5) is 4.39 Å². The maximum atomic E-state index is 13.1. The number of carbonyl (C=O) groups is 3. The molecule has 1 aromatic carbocycles. The summed E-state index contributed by atoms with van der Waals surface area (Å²) < 4.78 is 11.9. The minimum atomic E-state index is -1.39. The third-order valence-corrected chi connectivity index (χ3v) is 7.96. The first kappa shape index (κ1) is 28.9. The number of aldehydes is 1. The van der Waals surface area contributed by atoms with Crippen LogP contribution in [0.1, 0.15) is 63.3 Å². The molecule has 2 atom stereocenters. The van der Waals surface area contributed by atoms with Crippen LogP contribution >= 0.6 is 11.3 Å². The van der Waals surface area contributed by atoms with Crippen molar-refractivity contribution in [1.29, 1.82) is 0 Å². The first-order valence-electron chi connectivity index (χ1n) is 12.8. The maximum Gasteiger partial charge on any atom is 0.243 e. The van der Waals surface area contributed by atoms with Crippen molar-refractivity contribution in [2.45, 2.75) is 84.6 Å². The van der Waals surface area contributed by atoms with Gasteiger partial charge in [0.1, 0.15) is 6.04 Å². The van der Waals surface area contributed by atoms with Crippen molar-refractivity contribution in [2.75, 3.05) is 13.6 Å². The van der Waals surface area contributed by atoms with E-state index in [9.17, 15) is 18.8 Å². The minimum Gasteiger partial charge on any atom is -0.350 e. The second-order valence-electron chi connectivity index (χ2n) is 11.1. The molecule has 1 saturated carbocycles. The Labute approximate surface area is 223 Å². The van der Waals surface area contributed by atoms with E-state index < -0.39 is 11.7 Å². The number of thiazole rings is 1. The van der Waals surface area contributed by atoms with Gasteiger partial charge in [-0.1, -0.05) is 39.0 Å². The van der Waals surface area contributed by atoms with E-state index in [0.717, 1.165) is 28.8 Å². The van der Waals surface area contributed by atoms with Crippen molar-refractivity contribution < 1.29 is 18.8 Å². The quantitative estimate of drug-likeness (QED) is 0.519. The summed E-state index contributed by atoms with van der Waals surface area (Å²) in [6.45, 7) is 11.3. The predicted molar refractivity (Wildman–Crippen MR) is 145 cm³/mol. The van der Waals surface area contributed by atoms with Gasteiger partial charge in [0.15, 0.2) is 12.0 Å². The lowest BCUT2D eigenvalue weighted by molar-refractivity contribution is -0.142. The first-order valence-corrected chi connectivity index (χ1v) is 13.7. The molecule has 2 unspecified atom stereocenters. The number of aromatic nitrogens is 1. The van der Waals surface area contributed by atoms with Crippen LogP contribution in [0.5, 0.6) is 0 Å². The van der Waals surface area contributed by atoms with Gasteiger partial charge in [-0.2, -0.15) is 0 Å². The molecule has 1 saturated heterocycles. The summed E-state index contributed by atoms with van der Waals surface area (Å²) in [5.41, 5.74) is 4.66. The molecule has 0 radical (unpaired) electrons. The molecule has 2 aromatic rings. The topological polar surface area (TPSA) is 91.4 Å². The molecule has 2 N–H and O–H groups in total. The summed E-state index contributed by atoms with van der Waals surface area (Å²) in [6, 6.07) is 5.59. The molecule has 1 aromatic heterocycles. The molecule has 2 fully saturated rings. The number of hydrogen-bond donors (Lipinski definition) is 2. The highest BCUT2D eigenvalue weighted by molar-refractivity contribution is 7.13. The second-order valence-corrected chi connectivity index (χ2v) is 11.9. The number of alkyl halides is 1. The SMILES string of the molecule is CNC(C(=O)N1CCCC1C(=O)NCc1ccc(-c2scnc2C)cc1C)C(C)(C)C.O=CC1(F)CC1. The molecule has 1 aliphatic carbocycles. The lowest BCUT2D eigenvalue weighted by atomic mass is 9.86. The zero-order chi connectivity index (χ0) is 27.4. The number of carbonyl (C=O) groups excluding carboxylic acids is 3. The van der Waals surface area contributed by atoms with Gasteiger partial charge >= 0.3 is 0 Å². The van der Waals surface area contributed by atoms with E-state index in [1.807, 2.05) is 33.2 Å². The van der Waals surface area contributed by atoms with Crippen LogP contribution < -0.4 is 10.6 Å². The number of aryl methyl sites for hydroxylation is 2. The fraction of sp³-hybridized carbons (Fsp3) is 0.571. The summed E-state index contributed by atoms with van der Waals surface area (Å²) >= 11 is 1.64. The Kier molecular flexibility index (Phi) is 9.23. The van der Waals surface area contributed by atoms with Crippen LogP contribution in [-0.4, -0.2) is 59.3 Å². The van der Waals surface area contributed by atoms with E-state index in [1.165, 1.54) is 4.88 Å². The largest absolute Gasteiger partial charge is 0.350 e. The monoisotopic (exact) mass is 530 g/mol. The van der Waals surface area contributed by atoms with Crippen molar-refractivity contribution in [3.8, 4) is 10.4 Å². The predicted octanol–water partition coefficient (Wildman–Crippen LogP) is 4.36. The lowest BCUT2D eigenvalue weighted by Crippen LogP contribution is -2.55. The molecular weight excluding hydrogens is 491 g/mol. The van der Waals surface area contributed by atoms with Gasteiger partial charge in [-0.15, -0.1) is 11.3 Å². The number of amides is 2. The number of halogens is 1. The molecule has 0 bridgehead atoms. The summed E-state index contributed by atoms with van der Waals surface area (Å²) in [5, 5.41) is 6.20. The van der Waals surface area contributed by atoms with Gasteiger partial charge in [0.25, 0.3) is 0 Å². The summed E-state index contributed by atoms with van der Waals surface area (Å²) in [6.07, 6.45) is 2.83. The third kappa shape index (κ3) is 7.23. The van der Waals surface area contributed by atoms with E-state index in [0.29, 0.717) is 38.6 Å². The summed E-state index contributed by atoms with van der Waals surface area (Å²) in [5.74, 6) is -0.0653. The molecule has 9 heteroatoms. The Balaban J connectivity index is 0.000000555. The van der Waals surface area contributed by atoms with Crippen LogP contribution in [0, 0.1) is 19.3 Å². The number of nitrogens with one attached hydrogen (secondary N) is 2. The Morgan fingerprint density at radius 1 is 1.30 bits per heavy atom. The van der Waals surface area contributed by atoms with Gasteiger partial charge < -0.3 is 15.5 Å². The van der Waals surface area contributed by atoms with Crippen LogP contribution in [0.2, 0.25) is 0 Å². The van der Waals surface area contributed by atoms with Gasteiger partial charge in [-0.05, 0) is 68.7 Å². The Morgan fingerprint density at radius 2 is 2.00 bits per heavy atom. The number of benzene rings is 1. The highest BCUT2D eigenvalue weighted by Crippen LogP contribution is 2.36. The fourth-order valence-electron chi connectivity index (χ4n) is 4.55. The third-order valence-electron chi connectivity index (χ3n) is 6.98. The van der Waals surface area contributed by atoms with Gasteiger partial charge in [-0.3, -0.25) is 14.4 Å². The zero-order valence-corrected chi connectivity index (χ0v) is 23.5. The van der Waals surface area contributed by atoms with Gasteiger partial charge in [0, 0.05) is 13.1 Å². The summed E-state index contributed by atoms with van der Waals surface area (Å²) in [7, 11) is 1.80. The van der Waals surface area contributed by atoms with Crippen LogP contribution in [0.15, 0.2) is 23.7 Å². The van der Waals surface area contributed by atoms with Crippen molar-refractivity contribution >= 4 is 29.4 Å². The molecule has 2 aliphatic rings. The first-order chi connectivity index (χ1) is 17.4. The minimum absolute atomic E-state index is 0.00751. The number of likely N-dealkylation sites (tertiary alicyclic amines) is 1. The molecule has 1 aliphatic heterocycles. The number of rotatable bonds is 7. The number of nitrogens with zero attached hydrogens (tertiary/aromatic N) is 2. The average Bonchev–Trinajstić information content (AvgIpc) is 3.21. The smallest absolute Gasteiger partial charge is 0.243 e. The Hall–Kier alpha value is -2.65. The fourth-order valence-corrected chi connectivity index (χ4v) is 5.35. The molecule has 4 rings (SSSR count). The van der Waals surface area contributed by atoms with E-state index >= 15 is 0 Å². The lowest BCUT2D eigenvalue weighted by Gasteiger charge is -2.34. The van der Waals surface area contributed by atoms with Gasteiger partial charge in [0.2, 0.25) is 11.8 Å². The van der Waals surface area contributed by atoms with Gasteiger partial charge in [0.05, 0.1) is 22.1 Å². The number of hydrogen-bond acceptors (Lipinski definition) is 6. The van der Waals surface area contributed by atoms with E-state index in [-0.39, 0.29) is 23.3 Å². The summed E-state index contributed by atoms with van der Waals surface area (Å²) in [4.78, 5) is 42.9. The Bertz CT molecular complexity index is 1120. The molecular formula is C28H39FN4O3S. The average molecular weight is 531 g/mol. The van der Waals surface area contributed by atoms with Crippen LogP contribution in [0.25, 0.3) is 10.4 Å². The van der Waals surface area contributed by atoms with Crippen molar-refractivity contribution in [3.63, 3.8) is 0 Å². The molecule has 2 heterocycles. The highest BCUT2D eigenvalue weighted by atomic mass is 32.1. The van der Waals surface area contributed by atoms with Crippen LogP contribution in [-0.2, 0) is 20.9 Å². The van der Waals surface area contributed by atoms with Crippen molar-refractivity contribution in [2.24, 2.45) is 5.41 Å². The molecule has 202 valence electrons. The van der Waals surface area contributed by atoms with E-state index in [1.54, 1.807) is 23.3 Å². The van der Waals surface area contributed by atoms with E-state index in [4.69, 9.17) is 0 Å². The standard InChI is InChI=1S/C24H34N4O2S.C4H5FO/c1-15-12-17(20-16(2)27-14-31-20)9-10-18(15)13-26-22(29)19-8-7-11-28(19)23(30)21(25-6)24(3,4)5;5-4(3-6)1-2-4/h9-10,12,14,19,21,25H,7-8,11,13H2,1-6H3,(H,26,29);3H,1-2H2. The van der Waals surface area contributed by atoms with E-state index in [2.05, 4.69) is 40.7 Å². The van der Waals surface area contributed by atoms with Crippen LogP contribution in [0.3, 0.4) is 0 Å². The molecule has 2 amide bonds. The highest BCUT2D eigenvalue weighted by Gasteiger charge is 2.43. The van der Waals surface area contributed by atoms with Crippen molar-refractivity contribution in [3.05, 3.63) is 40.5 Å². The zero-order valence-electron chi connectivity index (χ0n) is 22.7. The molecule has 0 spiro atoms. The second kappa shape index (κ2) is 11.8. The molecule has 7 nitrogen and oxygen atoms in total. The number of likely N-dealkylation sites (N-methyl/N-ethyl adjacent to an activating group) is 1. The Morgan fingerprint density at radius 3 is 2.49 bits per heavy atom. The maximum absolute atomic E-state index is 13.1. The van der Waals surface area contributed by atoms with Crippen molar-refractivity contribution in [1.82, 2.24) is 20.5 Å². The normalized spacial score (nSPS) is 19.0. The van der Waals surface area contributed by atoms with Gasteiger partial charge in [-0.25, -0.2) is 9.37 Å². The molecule has 37 heavy (non-hydrogen) atoms.